The molecule has 1 heterocycles. The van der Waals surface area contributed by atoms with Crippen molar-refractivity contribution in [2.75, 3.05) is 51.3 Å². The highest BCUT2D eigenvalue weighted by molar-refractivity contribution is 7.89. The van der Waals surface area contributed by atoms with Gasteiger partial charge in [-0.25, -0.2) is 21.2 Å². The van der Waals surface area contributed by atoms with Crippen LogP contribution in [0.25, 0.3) is 0 Å². The summed E-state index contributed by atoms with van der Waals surface area (Å²) in [7, 11) is -6.13. The second-order valence-electron chi connectivity index (χ2n) is 7.24. The van der Waals surface area contributed by atoms with Gasteiger partial charge in [-0.2, -0.15) is 8.61 Å². The molecule has 0 saturated carbocycles. The minimum Gasteiger partial charge on any atom is -0.495 e. The zero-order chi connectivity index (χ0) is 23.5. The fourth-order valence-corrected chi connectivity index (χ4v) is 6.72. The first-order chi connectivity index (χ1) is 15.2. The van der Waals surface area contributed by atoms with Gasteiger partial charge in [0.25, 0.3) is 0 Å². The molecule has 8 nitrogen and oxygen atoms in total. The van der Waals surface area contributed by atoms with Gasteiger partial charge < -0.3 is 9.64 Å². The molecule has 0 amide bonds. The average Bonchev–Trinajstić information content (AvgIpc) is 2.79. The molecular weight excluding hydrogens is 457 g/mol. The van der Waals surface area contributed by atoms with E-state index >= 15 is 0 Å². The molecule has 0 bridgehead atoms. The molecule has 32 heavy (non-hydrogen) atoms. The molecule has 1 aliphatic heterocycles. The summed E-state index contributed by atoms with van der Waals surface area (Å²) in [6.45, 7) is 5.14. The number of piperazine rings is 1. The molecule has 11 heteroatoms. The van der Waals surface area contributed by atoms with Crippen LogP contribution < -0.4 is 9.64 Å². The van der Waals surface area contributed by atoms with Crippen molar-refractivity contribution in [1.82, 2.24) is 8.61 Å². The van der Waals surface area contributed by atoms with E-state index in [4.69, 9.17) is 4.74 Å². The van der Waals surface area contributed by atoms with Crippen LogP contribution in [0.5, 0.6) is 5.75 Å². The number of rotatable bonds is 8. The van der Waals surface area contributed by atoms with Crippen molar-refractivity contribution >= 4 is 25.7 Å². The van der Waals surface area contributed by atoms with E-state index in [-0.39, 0.29) is 22.9 Å². The Kier molecular flexibility index (Phi) is 7.43. The molecule has 1 fully saturated rings. The van der Waals surface area contributed by atoms with E-state index in [0.717, 1.165) is 6.07 Å². The molecule has 176 valence electrons. The van der Waals surface area contributed by atoms with Crippen LogP contribution >= 0.6 is 0 Å². The maximum Gasteiger partial charge on any atom is 0.246 e. The summed E-state index contributed by atoms with van der Waals surface area (Å²) in [6.07, 6.45) is 0. The minimum atomic E-state index is -3.97. The smallest absolute Gasteiger partial charge is 0.246 e. The molecule has 0 aromatic heterocycles. The molecule has 1 saturated heterocycles. The summed E-state index contributed by atoms with van der Waals surface area (Å²) in [5.41, 5.74) is 0.573. The van der Waals surface area contributed by atoms with Gasteiger partial charge in [-0.1, -0.05) is 26.0 Å². The van der Waals surface area contributed by atoms with Crippen molar-refractivity contribution in [2.45, 2.75) is 23.6 Å². The lowest BCUT2D eigenvalue weighted by Gasteiger charge is -2.36. The van der Waals surface area contributed by atoms with E-state index in [9.17, 15) is 21.2 Å². The number of sulfonamides is 2. The number of halogens is 1. The highest BCUT2D eigenvalue weighted by atomic mass is 32.2. The van der Waals surface area contributed by atoms with Crippen molar-refractivity contribution in [3.05, 3.63) is 48.3 Å². The van der Waals surface area contributed by atoms with Crippen LogP contribution in [0.1, 0.15) is 13.8 Å². The van der Waals surface area contributed by atoms with Crippen LogP contribution in [0.4, 0.5) is 10.1 Å². The Morgan fingerprint density at radius 3 is 2.16 bits per heavy atom. The highest BCUT2D eigenvalue weighted by Crippen LogP contribution is 2.33. The Hall–Kier alpha value is -2.21. The maximum absolute atomic E-state index is 14.1. The summed E-state index contributed by atoms with van der Waals surface area (Å²) >= 11 is 0. The van der Waals surface area contributed by atoms with Crippen LogP contribution in [0, 0.1) is 5.82 Å². The van der Waals surface area contributed by atoms with Crippen molar-refractivity contribution in [3.63, 3.8) is 0 Å². The number of ether oxygens (including phenoxy) is 1. The van der Waals surface area contributed by atoms with Gasteiger partial charge in [-0.05, 0) is 30.3 Å². The van der Waals surface area contributed by atoms with E-state index in [2.05, 4.69) is 0 Å². The third kappa shape index (κ3) is 4.61. The first-order valence-corrected chi connectivity index (χ1v) is 13.2. The Morgan fingerprint density at radius 2 is 1.59 bits per heavy atom. The molecule has 0 spiro atoms. The second kappa shape index (κ2) is 9.74. The Balaban J connectivity index is 1.86. The van der Waals surface area contributed by atoms with Crippen molar-refractivity contribution in [2.24, 2.45) is 0 Å². The SMILES string of the molecule is CCN(CC)S(=O)(=O)c1ccc(OC)c(N2CCN(S(=O)(=O)c3ccccc3F)CC2)c1. The van der Waals surface area contributed by atoms with Gasteiger partial charge >= 0.3 is 0 Å². The third-order valence-electron chi connectivity index (χ3n) is 5.53. The number of methoxy groups -OCH3 is 1. The van der Waals surface area contributed by atoms with E-state index in [1.54, 1.807) is 26.0 Å². The van der Waals surface area contributed by atoms with E-state index in [1.807, 2.05) is 4.90 Å². The van der Waals surface area contributed by atoms with Gasteiger partial charge in [-0.15, -0.1) is 0 Å². The van der Waals surface area contributed by atoms with Gasteiger partial charge in [0.1, 0.15) is 16.5 Å². The van der Waals surface area contributed by atoms with Crippen molar-refractivity contribution in [1.29, 1.82) is 0 Å². The van der Waals surface area contributed by atoms with Gasteiger partial charge in [0.05, 0.1) is 17.7 Å². The number of nitrogens with zero attached hydrogens (tertiary/aromatic N) is 3. The Labute approximate surface area is 189 Å². The van der Waals surface area contributed by atoms with Gasteiger partial charge in [0, 0.05) is 39.3 Å². The summed E-state index contributed by atoms with van der Waals surface area (Å²) in [5.74, 6) is -0.292. The normalized spacial score (nSPS) is 15.8. The quantitative estimate of drug-likeness (QED) is 0.571. The zero-order valence-corrected chi connectivity index (χ0v) is 20.0. The maximum atomic E-state index is 14.1. The average molecular weight is 486 g/mol. The summed E-state index contributed by atoms with van der Waals surface area (Å²) < 4.78 is 73.7. The lowest BCUT2D eigenvalue weighted by molar-refractivity contribution is 0.376. The van der Waals surface area contributed by atoms with Gasteiger partial charge in [0.2, 0.25) is 20.0 Å². The van der Waals surface area contributed by atoms with Gasteiger partial charge in [0.15, 0.2) is 0 Å². The molecule has 0 radical (unpaired) electrons. The van der Waals surface area contributed by atoms with Crippen molar-refractivity contribution in [3.8, 4) is 5.75 Å². The summed E-state index contributed by atoms with van der Waals surface area (Å²) in [5, 5.41) is 0. The fourth-order valence-electron chi connectivity index (χ4n) is 3.75. The van der Waals surface area contributed by atoms with Crippen LogP contribution in [-0.4, -0.2) is 71.8 Å². The van der Waals surface area contributed by atoms with E-state index < -0.39 is 25.9 Å². The molecule has 0 N–H and O–H groups in total. The lowest BCUT2D eigenvalue weighted by atomic mass is 10.2. The molecule has 0 atom stereocenters. The minimum absolute atomic E-state index is 0.132. The van der Waals surface area contributed by atoms with Gasteiger partial charge in [-0.3, -0.25) is 0 Å². The predicted octanol–water partition coefficient (Wildman–Crippen LogP) is 2.38. The Morgan fingerprint density at radius 1 is 0.969 bits per heavy atom. The monoisotopic (exact) mass is 485 g/mol. The lowest BCUT2D eigenvalue weighted by Crippen LogP contribution is -2.49. The fraction of sp³-hybridized carbons (Fsp3) is 0.429. The molecule has 0 unspecified atom stereocenters. The predicted molar refractivity (Wildman–Crippen MR) is 120 cm³/mol. The second-order valence-corrected chi connectivity index (χ2v) is 11.1. The van der Waals surface area contributed by atoms with Crippen LogP contribution in [0.15, 0.2) is 52.3 Å². The standard InChI is InChI=1S/C21H28FN3O5S2/c1-4-24(5-2)31(26,27)17-10-11-20(30-3)19(16-17)23-12-14-25(15-13-23)32(28,29)21-9-7-6-8-18(21)22/h6-11,16H,4-5,12-15H2,1-3H3. The van der Waals surface area contributed by atoms with Crippen LogP contribution in [-0.2, 0) is 20.0 Å². The van der Waals surface area contributed by atoms with Crippen LogP contribution in [0.3, 0.4) is 0 Å². The molecule has 2 aromatic carbocycles. The van der Waals surface area contributed by atoms with E-state index in [0.29, 0.717) is 37.6 Å². The van der Waals surface area contributed by atoms with Crippen LogP contribution in [0.2, 0.25) is 0 Å². The number of benzene rings is 2. The topological polar surface area (TPSA) is 87.2 Å². The number of hydrogen-bond donors (Lipinski definition) is 0. The molecule has 2 aromatic rings. The zero-order valence-electron chi connectivity index (χ0n) is 18.4. The largest absolute Gasteiger partial charge is 0.495 e. The van der Waals surface area contributed by atoms with Crippen molar-refractivity contribution < 1.29 is 26.0 Å². The molecular formula is C21H28FN3O5S2. The molecule has 1 aliphatic rings. The summed E-state index contributed by atoms with van der Waals surface area (Å²) in [6, 6.07) is 9.98. The summed E-state index contributed by atoms with van der Waals surface area (Å²) in [4.78, 5) is 1.68. The third-order valence-corrected chi connectivity index (χ3v) is 9.51. The Bertz CT molecular complexity index is 1160. The van der Waals surface area contributed by atoms with E-state index in [1.165, 1.54) is 40.0 Å². The first kappa shape index (κ1) is 24.4. The highest BCUT2D eigenvalue weighted by Gasteiger charge is 2.32. The molecule has 0 aliphatic carbocycles. The number of anilines is 1. The first-order valence-electron chi connectivity index (χ1n) is 10.3. The molecule has 3 rings (SSSR count). The number of hydrogen-bond acceptors (Lipinski definition) is 6.